The summed E-state index contributed by atoms with van der Waals surface area (Å²) in [7, 11) is 3.13. The van der Waals surface area contributed by atoms with E-state index in [1.54, 1.807) is 43.6 Å². The molecule has 0 unspecified atom stereocenters. The van der Waals surface area contributed by atoms with Crippen LogP contribution in [0.5, 0.6) is 11.5 Å². The van der Waals surface area contributed by atoms with Gasteiger partial charge in [0.05, 0.1) is 39.5 Å². The van der Waals surface area contributed by atoms with Gasteiger partial charge in [-0.25, -0.2) is 0 Å². The Morgan fingerprint density at radius 1 is 1.10 bits per heavy atom. The summed E-state index contributed by atoms with van der Waals surface area (Å²) in [6.45, 7) is 0.734. The molecule has 0 saturated heterocycles. The van der Waals surface area contributed by atoms with Crippen LogP contribution in [0.15, 0.2) is 65.3 Å². The smallest absolute Gasteiger partial charge is 0.255 e. The molecule has 0 saturated carbocycles. The molecule has 0 aliphatic carbocycles. The summed E-state index contributed by atoms with van der Waals surface area (Å²) in [5.41, 5.74) is 2.42. The van der Waals surface area contributed by atoms with E-state index in [-0.39, 0.29) is 18.2 Å². The van der Waals surface area contributed by atoms with Crippen LogP contribution >= 0.6 is 0 Å². The van der Waals surface area contributed by atoms with Crippen LogP contribution in [0.2, 0.25) is 0 Å². The van der Waals surface area contributed by atoms with Crippen LogP contribution < -0.4 is 14.8 Å². The predicted molar refractivity (Wildman–Crippen MR) is 114 cm³/mol. The Morgan fingerprint density at radius 2 is 1.90 bits per heavy atom. The number of benzene rings is 2. The van der Waals surface area contributed by atoms with Crippen LogP contribution in [0.25, 0.3) is 0 Å². The lowest BCUT2D eigenvalue weighted by Crippen LogP contribution is -2.34. The SMILES string of the molecule is COc1ccc([C@@H](CC(=O)NCc2ccco2)N2Cc3ccccc3C2=O)cc1OC. The van der Waals surface area contributed by atoms with E-state index < -0.39 is 6.04 Å². The van der Waals surface area contributed by atoms with E-state index in [0.717, 1.165) is 11.1 Å². The normalized spacial score (nSPS) is 13.6. The largest absolute Gasteiger partial charge is 0.493 e. The van der Waals surface area contributed by atoms with Crippen molar-refractivity contribution in [3.63, 3.8) is 0 Å². The Labute approximate surface area is 180 Å². The molecule has 1 aliphatic rings. The summed E-state index contributed by atoms with van der Waals surface area (Å²) in [6.07, 6.45) is 1.67. The van der Waals surface area contributed by atoms with Crippen LogP contribution in [-0.2, 0) is 17.9 Å². The highest BCUT2D eigenvalue weighted by Gasteiger charge is 2.34. The molecule has 1 aromatic heterocycles. The molecule has 0 radical (unpaired) electrons. The van der Waals surface area contributed by atoms with Crippen molar-refractivity contribution in [2.24, 2.45) is 0 Å². The fraction of sp³-hybridized carbons (Fsp3) is 0.250. The van der Waals surface area contributed by atoms with E-state index in [1.165, 1.54) is 0 Å². The highest BCUT2D eigenvalue weighted by Crippen LogP contribution is 2.37. The minimum Gasteiger partial charge on any atom is -0.493 e. The minimum absolute atomic E-state index is 0.0887. The van der Waals surface area contributed by atoms with Gasteiger partial charge in [0.1, 0.15) is 5.76 Å². The van der Waals surface area contributed by atoms with Gasteiger partial charge in [0.25, 0.3) is 5.91 Å². The second kappa shape index (κ2) is 8.95. The molecule has 0 spiro atoms. The van der Waals surface area contributed by atoms with Crippen LogP contribution in [0.1, 0.15) is 39.7 Å². The van der Waals surface area contributed by atoms with Crippen molar-refractivity contribution in [2.75, 3.05) is 14.2 Å². The quantitative estimate of drug-likeness (QED) is 0.601. The number of methoxy groups -OCH3 is 2. The van der Waals surface area contributed by atoms with Gasteiger partial charge in [-0.3, -0.25) is 9.59 Å². The number of hydrogen-bond acceptors (Lipinski definition) is 5. The summed E-state index contributed by atoms with van der Waals surface area (Å²) < 4.78 is 16.1. The average molecular weight is 420 g/mol. The third-order valence-corrected chi connectivity index (χ3v) is 5.44. The molecule has 1 aliphatic heterocycles. The Morgan fingerprint density at radius 3 is 2.61 bits per heavy atom. The maximum Gasteiger partial charge on any atom is 0.255 e. The molecule has 1 N–H and O–H groups in total. The lowest BCUT2D eigenvalue weighted by atomic mass is 10.0. The predicted octanol–water partition coefficient (Wildman–Crippen LogP) is 3.70. The first-order chi connectivity index (χ1) is 15.1. The summed E-state index contributed by atoms with van der Waals surface area (Å²) in [6, 6.07) is 16.1. The van der Waals surface area contributed by atoms with Gasteiger partial charge in [0.15, 0.2) is 11.5 Å². The van der Waals surface area contributed by atoms with Crippen LogP contribution in [0.3, 0.4) is 0 Å². The van der Waals surface area contributed by atoms with E-state index in [9.17, 15) is 9.59 Å². The second-order valence-corrected chi connectivity index (χ2v) is 7.28. The highest BCUT2D eigenvalue weighted by molar-refractivity contribution is 5.98. The zero-order valence-corrected chi connectivity index (χ0v) is 17.5. The van der Waals surface area contributed by atoms with Crippen LogP contribution in [-0.4, -0.2) is 30.9 Å². The molecule has 2 heterocycles. The van der Waals surface area contributed by atoms with Crippen molar-refractivity contribution in [3.05, 3.63) is 83.3 Å². The van der Waals surface area contributed by atoms with E-state index in [4.69, 9.17) is 13.9 Å². The molecule has 7 heteroatoms. The first-order valence-electron chi connectivity index (χ1n) is 10.0. The molecule has 7 nitrogen and oxygen atoms in total. The number of furan rings is 1. The van der Waals surface area contributed by atoms with E-state index >= 15 is 0 Å². The number of carbonyl (C=O) groups excluding carboxylic acids is 2. The Bertz CT molecular complexity index is 1080. The molecule has 0 fully saturated rings. The maximum atomic E-state index is 13.1. The lowest BCUT2D eigenvalue weighted by molar-refractivity contribution is -0.122. The van der Waals surface area contributed by atoms with Crippen molar-refractivity contribution in [2.45, 2.75) is 25.6 Å². The fourth-order valence-electron chi connectivity index (χ4n) is 3.84. The van der Waals surface area contributed by atoms with Gasteiger partial charge in [-0.05, 0) is 41.5 Å². The van der Waals surface area contributed by atoms with Crippen molar-refractivity contribution in [1.29, 1.82) is 0 Å². The van der Waals surface area contributed by atoms with Crippen molar-refractivity contribution < 1.29 is 23.5 Å². The molecule has 3 aromatic rings. The molecule has 4 rings (SSSR count). The molecule has 160 valence electrons. The maximum absolute atomic E-state index is 13.1. The van der Waals surface area contributed by atoms with Crippen LogP contribution in [0.4, 0.5) is 0 Å². The number of nitrogens with one attached hydrogen (secondary N) is 1. The minimum atomic E-state index is -0.462. The second-order valence-electron chi connectivity index (χ2n) is 7.28. The number of ether oxygens (including phenoxy) is 2. The van der Waals surface area contributed by atoms with Crippen molar-refractivity contribution in [1.82, 2.24) is 10.2 Å². The lowest BCUT2D eigenvalue weighted by Gasteiger charge is -2.28. The van der Waals surface area contributed by atoms with E-state index in [0.29, 0.717) is 35.9 Å². The Balaban J connectivity index is 1.61. The molecular formula is C24H24N2O5. The number of fused-ring (bicyclic) bond motifs is 1. The topological polar surface area (TPSA) is 81.0 Å². The van der Waals surface area contributed by atoms with E-state index in [1.807, 2.05) is 36.4 Å². The first kappa shape index (κ1) is 20.5. The number of rotatable bonds is 8. The van der Waals surface area contributed by atoms with Crippen molar-refractivity contribution in [3.8, 4) is 11.5 Å². The third kappa shape index (κ3) is 4.26. The molecule has 0 bridgehead atoms. The number of hydrogen-bond donors (Lipinski definition) is 1. The Hall–Kier alpha value is -3.74. The van der Waals surface area contributed by atoms with Gasteiger partial charge in [-0.15, -0.1) is 0 Å². The number of carbonyl (C=O) groups is 2. The molecule has 2 aromatic carbocycles. The van der Waals surface area contributed by atoms with Gasteiger partial charge in [-0.2, -0.15) is 0 Å². The summed E-state index contributed by atoms with van der Waals surface area (Å²) in [5, 5.41) is 2.87. The Kier molecular flexibility index (Phi) is 5.93. The number of amides is 2. The zero-order valence-electron chi connectivity index (χ0n) is 17.5. The summed E-state index contributed by atoms with van der Waals surface area (Å²) >= 11 is 0. The molecular weight excluding hydrogens is 396 g/mol. The standard InChI is InChI=1S/C24H24N2O5/c1-29-21-10-9-16(12-22(21)30-2)20(13-23(27)25-14-18-7-5-11-31-18)26-15-17-6-3-4-8-19(17)24(26)28/h3-12,20H,13-15H2,1-2H3,(H,25,27)/t20-/m1/s1. The number of nitrogens with zero attached hydrogens (tertiary/aromatic N) is 1. The van der Waals surface area contributed by atoms with Gasteiger partial charge < -0.3 is 24.1 Å². The first-order valence-corrected chi connectivity index (χ1v) is 10.0. The monoisotopic (exact) mass is 420 g/mol. The van der Waals surface area contributed by atoms with Gasteiger partial charge in [0.2, 0.25) is 5.91 Å². The molecule has 2 amide bonds. The van der Waals surface area contributed by atoms with Gasteiger partial charge in [-0.1, -0.05) is 24.3 Å². The average Bonchev–Trinajstić information content (AvgIpc) is 3.44. The summed E-state index contributed by atoms with van der Waals surface area (Å²) in [4.78, 5) is 27.7. The van der Waals surface area contributed by atoms with Crippen molar-refractivity contribution >= 4 is 11.8 Å². The van der Waals surface area contributed by atoms with Gasteiger partial charge in [0, 0.05) is 12.1 Å². The zero-order chi connectivity index (χ0) is 21.8. The highest BCUT2D eigenvalue weighted by atomic mass is 16.5. The van der Waals surface area contributed by atoms with Gasteiger partial charge >= 0.3 is 0 Å². The molecule has 1 atom stereocenters. The fourth-order valence-corrected chi connectivity index (χ4v) is 3.84. The third-order valence-electron chi connectivity index (χ3n) is 5.44. The molecule has 31 heavy (non-hydrogen) atoms. The summed E-state index contributed by atoms with van der Waals surface area (Å²) in [5.74, 6) is 1.53. The van der Waals surface area contributed by atoms with Crippen LogP contribution in [0, 0.1) is 0 Å². The van der Waals surface area contributed by atoms with E-state index in [2.05, 4.69) is 5.32 Å².